The highest BCUT2D eigenvalue weighted by molar-refractivity contribution is 5.77. The molecule has 0 bridgehead atoms. The van der Waals surface area contributed by atoms with Crippen molar-refractivity contribution in [3.05, 3.63) is 52.7 Å². The molecule has 0 radical (unpaired) electrons. The van der Waals surface area contributed by atoms with Crippen LogP contribution in [0.1, 0.15) is 12.5 Å². The Kier molecular flexibility index (Phi) is 4.49. The standard InChI is InChI=1S/C16H14F3N5O2/c1-2-20-13(25)8-23-9-21-14-12(15(23)26)7-22-24(14)11-5-3-4-10(6-11)16(17,18)19/h3-7,9H,2,8H2,1H3,(H,20,25). The van der Waals surface area contributed by atoms with E-state index in [0.717, 1.165) is 21.4 Å². The number of aromatic nitrogens is 4. The average molecular weight is 365 g/mol. The van der Waals surface area contributed by atoms with Crippen LogP contribution in [0.2, 0.25) is 0 Å². The Balaban J connectivity index is 2.04. The summed E-state index contributed by atoms with van der Waals surface area (Å²) in [5.74, 6) is -0.346. The van der Waals surface area contributed by atoms with Gasteiger partial charge in [-0.2, -0.15) is 18.3 Å². The summed E-state index contributed by atoms with van der Waals surface area (Å²) in [6.07, 6.45) is -2.10. The molecule has 0 saturated carbocycles. The summed E-state index contributed by atoms with van der Waals surface area (Å²) >= 11 is 0. The minimum atomic E-state index is -4.49. The van der Waals surface area contributed by atoms with Crippen molar-refractivity contribution >= 4 is 16.9 Å². The van der Waals surface area contributed by atoms with E-state index in [0.29, 0.717) is 6.54 Å². The first-order valence-electron chi connectivity index (χ1n) is 7.68. The average Bonchev–Trinajstić information content (AvgIpc) is 3.02. The Labute approximate surface area is 145 Å². The van der Waals surface area contributed by atoms with Crippen molar-refractivity contribution in [3.63, 3.8) is 0 Å². The Bertz CT molecular complexity index is 1020. The maximum Gasteiger partial charge on any atom is 0.416 e. The molecule has 7 nitrogen and oxygen atoms in total. The van der Waals surface area contributed by atoms with Crippen LogP contribution in [0.4, 0.5) is 13.2 Å². The van der Waals surface area contributed by atoms with Crippen molar-refractivity contribution in [1.82, 2.24) is 24.6 Å². The number of carbonyl (C=O) groups excluding carboxylic acids is 1. The number of fused-ring (bicyclic) bond motifs is 1. The third-order valence-electron chi connectivity index (χ3n) is 3.66. The Morgan fingerprint density at radius 2 is 2.08 bits per heavy atom. The lowest BCUT2D eigenvalue weighted by Gasteiger charge is -2.09. The smallest absolute Gasteiger partial charge is 0.355 e. The van der Waals surface area contributed by atoms with Gasteiger partial charge in [0.25, 0.3) is 5.56 Å². The highest BCUT2D eigenvalue weighted by atomic mass is 19.4. The van der Waals surface area contributed by atoms with E-state index in [4.69, 9.17) is 0 Å². The Morgan fingerprint density at radius 3 is 2.77 bits per heavy atom. The molecule has 0 fully saturated rings. The first-order valence-corrected chi connectivity index (χ1v) is 7.68. The summed E-state index contributed by atoms with van der Waals surface area (Å²) in [6, 6.07) is 4.56. The van der Waals surface area contributed by atoms with Crippen molar-refractivity contribution < 1.29 is 18.0 Å². The van der Waals surface area contributed by atoms with E-state index in [1.807, 2.05) is 0 Å². The Morgan fingerprint density at radius 1 is 1.31 bits per heavy atom. The van der Waals surface area contributed by atoms with Gasteiger partial charge >= 0.3 is 6.18 Å². The highest BCUT2D eigenvalue weighted by Crippen LogP contribution is 2.30. The molecule has 1 aromatic carbocycles. The van der Waals surface area contributed by atoms with Gasteiger partial charge in [0.05, 0.1) is 17.4 Å². The third kappa shape index (κ3) is 3.30. The third-order valence-corrected chi connectivity index (χ3v) is 3.66. The minimum absolute atomic E-state index is 0.106. The zero-order chi connectivity index (χ0) is 18.9. The van der Waals surface area contributed by atoms with Crippen molar-refractivity contribution in [2.45, 2.75) is 19.6 Å². The van der Waals surface area contributed by atoms with Gasteiger partial charge in [-0.1, -0.05) is 6.07 Å². The predicted octanol–water partition coefficient (Wildman–Crippen LogP) is 1.74. The molecule has 3 rings (SSSR count). The summed E-state index contributed by atoms with van der Waals surface area (Å²) in [6.45, 7) is 1.97. The minimum Gasteiger partial charge on any atom is -0.355 e. The number of likely N-dealkylation sites (N-methyl/N-ethyl adjacent to an activating group) is 1. The van der Waals surface area contributed by atoms with Crippen LogP contribution in [-0.4, -0.2) is 31.8 Å². The number of nitrogens with zero attached hydrogens (tertiary/aromatic N) is 4. The van der Waals surface area contributed by atoms with E-state index in [9.17, 15) is 22.8 Å². The lowest BCUT2D eigenvalue weighted by Crippen LogP contribution is -2.32. The molecule has 0 spiro atoms. The van der Waals surface area contributed by atoms with Gasteiger partial charge < -0.3 is 5.32 Å². The lowest BCUT2D eigenvalue weighted by molar-refractivity contribution is -0.137. The van der Waals surface area contributed by atoms with Gasteiger partial charge in [-0.15, -0.1) is 0 Å². The Hall–Kier alpha value is -3.17. The van der Waals surface area contributed by atoms with Crippen molar-refractivity contribution in [2.75, 3.05) is 6.54 Å². The molecule has 3 aromatic rings. The zero-order valence-electron chi connectivity index (χ0n) is 13.6. The molecule has 0 aliphatic rings. The zero-order valence-corrected chi connectivity index (χ0v) is 13.6. The van der Waals surface area contributed by atoms with Crippen LogP contribution in [0.5, 0.6) is 0 Å². The van der Waals surface area contributed by atoms with E-state index >= 15 is 0 Å². The summed E-state index contributed by atoms with van der Waals surface area (Å²) in [4.78, 5) is 28.2. The number of alkyl halides is 3. The first kappa shape index (κ1) is 17.6. The highest BCUT2D eigenvalue weighted by Gasteiger charge is 2.30. The molecule has 2 aromatic heterocycles. The number of nitrogens with one attached hydrogen (secondary N) is 1. The van der Waals surface area contributed by atoms with Gasteiger partial charge in [0, 0.05) is 6.54 Å². The maximum atomic E-state index is 12.9. The quantitative estimate of drug-likeness (QED) is 0.764. The molecular weight excluding hydrogens is 351 g/mol. The molecular formula is C16H14F3N5O2. The summed E-state index contributed by atoms with van der Waals surface area (Å²) in [7, 11) is 0. The fourth-order valence-electron chi connectivity index (χ4n) is 2.47. The van der Waals surface area contributed by atoms with Gasteiger partial charge in [-0.3, -0.25) is 14.2 Å². The topological polar surface area (TPSA) is 81.8 Å². The fourth-order valence-corrected chi connectivity index (χ4v) is 2.47. The van der Waals surface area contributed by atoms with Crippen LogP contribution < -0.4 is 10.9 Å². The van der Waals surface area contributed by atoms with Crippen molar-refractivity contribution in [3.8, 4) is 5.69 Å². The molecule has 10 heteroatoms. The summed E-state index contributed by atoms with van der Waals surface area (Å²) < 4.78 is 40.9. The van der Waals surface area contributed by atoms with Crippen molar-refractivity contribution in [1.29, 1.82) is 0 Å². The maximum absolute atomic E-state index is 12.9. The van der Waals surface area contributed by atoms with Crippen LogP contribution in [0.25, 0.3) is 16.7 Å². The van der Waals surface area contributed by atoms with E-state index in [-0.39, 0.29) is 29.2 Å². The molecule has 26 heavy (non-hydrogen) atoms. The van der Waals surface area contributed by atoms with Gasteiger partial charge in [-0.05, 0) is 25.1 Å². The van der Waals surface area contributed by atoms with Crippen LogP contribution in [0.15, 0.2) is 41.6 Å². The number of halogens is 3. The largest absolute Gasteiger partial charge is 0.416 e. The molecule has 0 saturated heterocycles. The molecule has 1 amide bonds. The van der Waals surface area contributed by atoms with Gasteiger partial charge in [0.2, 0.25) is 5.91 Å². The second-order valence-electron chi connectivity index (χ2n) is 5.47. The van der Waals surface area contributed by atoms with Crippen LogP contribution in [-0.2, 0) is 17.5 Å². The molecule has 0 aliphatic carbocycles. The predicted molar refractivity (Wildman–Crippen MR) is 86.8 cm³/mol. The molecule has 136 valence electrons. The number of hydrogen-bond acceptors (Lipinski definition) is 4. The molecule has 2 heterocycles. The van der Waals surface area contributed by atoms with E-state index in [2.05, 4.69) is 15.4 Å². The monoisotopic (exact) mass is 365 g/mol. The normalized spacial score (nSPS) is 11.7. The van der Waals surface area contributed by atoms with Gasteiger partial charge in [0.15, 0.2) is 5.65 Å². The van der Waals surface area contributed by atoms with E-state index in [1.165, 1.54) is 24.7 Å². The van der Waals surface area contributed by atoms with Gasteiger partial charge in [0.1, 0.15) is 18.3 Å². The number of carbonyl (C=O) groups is 1. The second kappa shape index (κ2) is 6.62. The summed E-state index contributed by atoms with van der Waals surface area (Å²) in [5.41, 5.74) is -1.09. The molecule has 0 aliphatic heterocycles. The molecule has 1 N–H and O–H groups in total. The van der Waals surface area contributed by atoms with E-state index < -0.39 is 17.3 Å². The van der Waals surface area contributed by atoms with Crippen LogP contribution >= 0.6 is 0 Å². The van der Waals surface area contributed by atoms with Crippen LogP contribution in [0, 0.1) is 0 Å². The second-order valence-corrected chi connectivity index (χ2v) is 5.47. The molecule has 0 unspecified atom stereocenters. The van der Waals surface area contributed by atoms with Crippen molar-refractivity contribution in [2.24, 2.45) is 0 Å². The van der Waals surface area contributed by atoms with E-state index in [1.54, 1.807) is 6.92 Å². The van der Waals surface area contributed by atoms with Gasteiger partial charge in [-0.25, -0.2) is 9.67 Å². The fraction of sp³-hybridized carbons (Fsp3) is 0.250. The number of benzene rings is 1. The number of rotatable bonds is 4. The number of hydrogen-bond donors (Lipinski definition) is 1. The summed E-state index contributed by atoms with van der Waals surface area (Å²) in [5, 5.41) is 6.65. The first-order chi connectivity index (χ1) is 12.3. The lowest BCUT2D eigenvalue weighted by atomic mass is 10.2. The SMILES string of the molecule is CCNC(=O)Cn1cnc2c(cnn2-c2cccc(C(F)(F)F)c2)c1=O. The molecule has 0 atom stereocenters. The number of amides is 1. The van der Waals surface area contributed by atoms with Crippen LogP contribution in [0.3, 0.4) is 0 Å².